The Morgan fingerprint density at radius 3 is 2.40 bits per heavy atom. The van der Waals surface area contributed by atoms with Gasteiger partial charge < -0.3 is 14.8 Å². The zero-order chi connectivity index (χ0) is 24.4. The van der Waals surface area contributed by atoms with Crippen LogP contribution in [0.15, 0.2) is 90.1 Å². The zero-order valence-corrected chi connectivity index (χ0v) is 19.9. The molecule has 1 N–H and O–H groups in total. The SMILES string of the molecule is COc1ccc([C@H]2C3=C(C[C@@H](C)CC3=O)Nc3ccccc3N2C(=O)COc2ccccc2)cc1. The highest BCUT2D eigenvalue weighted by Crippen LogP contribution is 2.45. The summed E-state index contributed by atoms with van der Waals surface area (Å²) in [5.41, 5.74) is 3.86. The van der Waals surface area contributed by atoms with E-state index in [1.807, 2.05) is 78.9 Å². The average Bonchev–Trinajstić information content (AvgIpc) is 3.02. The predicted molar refractivity (Wildman–Crippen MR) is 136 cm³/mol. The number of nitrogens with zero attached hydrogens (tertiary/aromatic N) is 1. The van der Waals surface area contributed by atoms with Crippen LogP contribution < -0.4 is 19.7 Å². The Kier molecular flexibility index (Phi) is 6.27. The van der Waals surface area contributed by atoms with Gasteiger partial charge in [-0.2, -0.15) is 0 Å². The van der Waals surface area contributed by atoms with Crippen LogP contribution in [-0.4, -0.2) is 25.4 Å². The van der Waals surface area contributed by atoms with Gasteiger partial charge in [0.1, 0.15) is 11.5 Å². The minimum absolute atomic E-state index is 0.0571. The number of rotatable bonds is 5. The molecule has 35 heavy (non-hydrogen) atoms. The largest absolute Gasteiger partial charge is 0.497 e. The number of hydrogen-bond acceptors (Lipinski definition) is 5. The van der Waals surface area contributed by atoms with Crippen molar-refractivity contribution < 1.29 is 19.1 Å². The molecule has 5 rings (SSSR count). The minimum atomic E-state index is -0.584. The van der Waals surface area contributed by atoms with Crippen molar-refractivity contribution in [3.63, 3.8) is 0 Å². The van der Waals surface area contributed by atoms with Gasteiger partial charge in [0.15, 0.2) is 12.4 Å². The Balaban J connectivity index is 1.64. The molecule has 6 nitrogen and oxygen atoms in total. The number of Topliss-reactive ketones (excluding diaryl/α,β-unsaturated/α-hetero) is 1. The molecule has 0 saturated carbocycles. The molecule has 0 spiro atoms. The summed E-state index contributed by atoms with van der Waals surface area (Å²) in [5.74, 6) is 1.38. The summed E-state index contributed by atoms with van der Waals surface area (Å²) in [5, 5.41) is 3.50. The quantitative estimate of drug-likeness (QED) is 0.534. The van der Waals surface area contributed by atoms with Crippen LogP contribution in [0.1, 0.15) is 31.4 Å². The number of benzene rings is 3. The van der Waals surface area contributed by atoms with Gasteiger partial charge in [-0.1, -0.05) is 49.4 Å². The van der Waals surface area contributed by atoms with Crippen molar-refractivity contribution in [3.8, 4) is 11.5 Å². The highest BCUT2D eigenvalue weighted by Gasteiger charge is 2.40. The Bertz CT molecular complexity index is 1270. The number of nitrogens with one attached hydrogen (secondary N) is 1. The normalized spacial score (nSPS) is 19.3. The Hall–Kier alpha value is -4.06. The van der Waals surface area contributed by atoms with E-state index >= 15 is 0 Å². The number of amides is 1. The number of carbonyl (C=O) groups is 2. The zero-order valence-electron chi connectivity index (χ0n) is 19.9. The predicted octanol–water partition coefficient (Wildman–Crippen LogP) is 5.53. The number of ether oxygens (including phenoxy) is 2. The maximum Gasteiger partial charge on any atom is 0.265 e. The lowest BCUT2D eigenvalue weighted by molar-refractivity contribution is -0.121. The molecule has 0 aromatic heterocycles. The topological polar surface area (TPSA) is 67.9 Å². The third-order valence-electron chi connectivity index (χ3n) is 6.50. The molecular formula is C29H28N2O4. The van der Waals surface area contributed by atoms with Gasteiger partial charge in [-0.25, -0.2) is 0 Å². The highest BCUT2D eigenvalue weighted by molar-refractivity contribution is 6.06. The van der Waals surface area contributed by atoms with E-state index in [1.54, 1.807) is 12.0 Å². The summed E-state index contributed by atoms with van der Waals surface area (Å²) in [7, 11) is 1.62. The molecular weight excluding hydrogens is 440 g/mol. The number of ketones is 1. The molecule has 0 saturated heterocycles. The fourth-order valence-electron chi connectivity index (χ4n) is 4.89. The van der Waals surface area contributed by atoms with Crippen LogP contribution in [0.3, 0.4) is 0 Å². The Morgan fingerprint density at radius 1 is 0.943 bits per heavy atom. The van der Waals surface area contributed by atoms with Crippen LogP contribution in [0.2, 0.25) is 0 Å². The summed E-state index contributed by atoms with van der Waals surface area (Å²) in [6, 6.07) is 23.9. The molecule has 1 amide bonds. The van der Waals surface area contributed by atoms with Gasteiger partial charge in [0, 0.05) is 17.7 Å². The van der Waals surface area contributed by atoms with Gasteiger partial charge in [0.05, 0.1) is 24.5 Å². The van der Waals surface area contributed by atoms with E-state index in [0.29, 0.717) is 29.2 Å². The van der Waals surface area contributed by atoms with E-state index in [9.17, 15) is 9.59 Å². The van der Waals surface area contributed by atoms with Crippen molar-refractivity contribution in [2.75, 3.05) is 23.9 Å². The monoisotopic (exact) mass is 468 g/mol. The number of hydrogen-bond donors (Lipinski definition) is 1. The fraction of sp³-hybridized carbons (Fsp3) is 0.241. The van der Waals surface area contributed by atoms with Crippen molar-refractivity contribution >= 4 is 23.1 Å². The van der Waals surface area contributed by atoms with Crippen LogP contribution in [0.25, 0.3) is 0 Å². The van der Waals surface area contributed by atoms with E-state index in [-0.39, 0.29) is 24.2 Å². The van der Waals surface area contributed by atoms with Crippen molar-refractivity contribution in [1.29, 1.82) is 0 Å². The number of para-hydroxylation sites is 3. The molecule has 178 valence electrons. The fourth-order valence-corrected chi connectivity index (χ4v) is 4.89. The molecule has 3 aromatic rings. The number of allylic oxidation sites excluding steroid dienone is 1. The van der Waals surface area contributed by atoms with Crippen LogP contribution in [0.4, 0.5) is 11.4 Å². The average molecular weight is 469 g/mol. The molecule has 0 radical (unpaired) electrons. The third-order valence-corrected chi connectivity index (χ3v) is 6.50. The first-order valence-corrected chi connectivity index (χ1v) is 11.8. The summed E-state index contributed by atoms with van der Waals surface area (Å²) >= 11 is 0. The third kappa shape index (κ3) is 4.52. The van der Waals surface area contributed by atoms with Crippen molar-refractivity contribution in [2.24, 2.45) is 5.92 Å². The minimum Gasteiger partial charge on any atom is -0.497 e. The van der Waals surface area contributed by atoms with Gasteiger partial charge in [-0.05, 0) is 54.3 Å². The Morgan fingerprint density at radius 2 is 1.66 bits per heavy atom. The molecule has 1 aliphatic carbocycles. The summed E-state index contributed by atoms with van der Waals surface area (Å²) in [4.78, 5) is 29.1. The molecule has 0 unspecified atom stereocenters. The first-order valence-electron chi connectivity index (χ1n) is 11.8. The van der Waals surface area contributed by atoms with Gasteiger partial charge in [0.2, 0.25) is 0 Å². The van der Waals surface area contributed by atoms with Crippen molar-refractivity contribution in [2.45, 2.75) is 25.8 Å². The van der Waals surface area contributed by atoms with Crippen molar-refractivity contribution in [3.05, 3.63) is 95.7 Å². The molecule has 3 aromatic carbocycles. The second-order valence-electron chi connectivity index (χ2n) is 9.01. The molecule has 2 aliphatic rings. The molecule has 0 fully saturated rings. The first-order chi connectivity index (χ1) is 17.0. The van der Waals surface area contributed by atoms with E-state index in [0.717, 1.165) is 23.4 Å². The summed E-state index contributed by atoms with van der Waals surface area (Å²) in [6.45, 7) is 1.93. The smallest absolute Gasteiger partial charge is 0.265 e. The maximum absolute atomic E-state index is 13.9. The maximum atomic E-state index is 13.9. The number of methoxy groups -OCH3 is 1. The van der Waals surface area contributed by atoms with E-state index in [4.69, 9.17) is 9.47 Å². The second-order valence-corrected chi connectivity index (χ2v) is 9.01. The Labute approximate surface area is 205 Å². The molecule has 1 aliphatic heterocycles. The van der Waals surface area contributed by atoms with E-state index in [1.165, 1.54) is 0 Å². The first kappa shape index (κ1) is 22.7. The van der Waals surface area contributed by atoms with Crippen LogP contribution in [0.5, 0.6) is 11.5 Å². The summed E-state index contributed by atoms with van der Waals surface area (Å²) < 4.78 is 11.2. The van der Waals surface area contributed by atoms with Gasteiger partial charge >= 0.3 is 0 Å². The second kappa shape index (κ2) is 9.66. The van der Waals surface area contributed by atoms with E-state index < -0.39 is 6.04 Å². The van der Waals surface area contributed by atoms with Crippen LogP contribution >= 0.6 is 0 Å². The molecule has 2 atom stereocenters. The van der Waals surface area contributed by atoms with Gasteiger partial charge in [-0.3, -0.25) is 14.5 Å². The van der Waals surface area contributed by atoms with Crippen molar-refractivity contribution in [1.82, 2.24) is 0 Å². The van der Waals surface area contributed by atoms with Crippen LogP contribution in [-0.2, 0) is 9.59 Å². The van der Waals surface area contributed by atoms with E-state index in [2.05, 4.69) is 12.2 Å². The highest BCUT2D eigenvalue weighted by atomic mass is 16.5. The lowest BCUT2D eigenvalue weighted by Crippen LogP contribution is -2.41. The summed E-state index contributed by atoms with van der Waals surface area (Å²) in [6.07, 6.45) is 1.19. The molecule has 0 bridgehead atoms. The van der Waals surface area contributed by atoms with Gasteiger partial charge in [-0.15, -0.1) is 0 Å². The number of anilines is 2. The van der Waals surface area contributed by atoms with Gasteiger partial charge in [0.25, 0.3) is 5.91 Å². The molecule has 1 heterocycles. The number of carbonyl (C=O) groups excluding carboxylic acids is 2. The lowest BCUT2D eigenvalue weighted by Gasteiger charge is -2.34. The van der Waals surface area contributed by atoms with Crippen LogP contribution in [0, 0.1) is 5.92 Å². The lowest BCUT2D eigenvalue weighted by atomic mass is 9.81. The standard InChI is InChI=1S/C29H28N2O4/c1-19-16-24-28(26(32)17-19)29(20-12-14-21(34-2)15-13-20)31(25-11-7-6-10-23(25)30-24)27(33)18-35-22-8-4-3-5-9-22/h3-15,19,29-30H,16-18H2,1-2H3/t19-,29+/m1/s1. The number of fused-ring (bicyclic) bond motifs is 1. The molecule has 6 heteroatoms.